The molecule has 0 heterocycles. The molecule has 88 valence electrons. The van der Waals surface area contributed by atoms with Crippen LogP contribution in [0.5, 0.6) is 0 Å². The van der Waals surface area contributed by atoms with Crippen LogP contribution in [0.25, 0.3) is 0 Å². The Morgan fingerprint density at radius 1 is 1.40 bits per heavy atom. The fraction of sp³-hybridized carbons (Fsp3) is 0.800. The van der Waals surface area contributed by atoms with E-state index in [1.165, 1.54) is 0 Å². The second-order valence-electron chi connectivity index (χ2n) is 4.06. The van der Waals surface area contributed by atoms with E-state index in [1.54, 1.807) is 21.0 Å². The molecule has 0 unspecified atom stereocenters. The van der Waals surface area contributed by atoms with E-state index >= 15 is 0 Å². The first-order chi connectivity index (χ1) is 6.90. The summed E-state index contributed by atoms with van der Waals surface area (Å²) < 4.78 is 4.80. The Bertz CT molecular complexity index is 225. The van der Waals surface area contributed by atoms with Gasteiger partial charge in [-0.3, -0.25) is 9.59 Å². The molecule has 15 heavy (non-hydrogen) atoms. The van der Waals surface area contributed by atoms with Gasteiger partial charge in [0.05, 0.1) is 5.41 Å². The van der Waals surface area contributed by atoms with Gasteiger partial charge in [0, 0.05) is 26.7 Å². The van der Waals surface area contributed by atoms with Crippen molar-refractivity contribution in [2.45, 2.75) is 26.7 Å². The van der Waals surface area contributed by atoms with Gasteiger partial charge in [-0.1, -0.05) is 0 Å². The van der Waals surface area contributed by atoms with Crippen LogP contribution in [0.2, 0.25) is 0 Å². The minimum Gasteiger partial charge on any atom is -0.481 e. The smallest absolute Gasteiger partial charge is 0.310 e. The average Bonchev–Trinajstić information content (AvgIpc) is 2.15. The van der Waals surface area contributed by atoms with Crippen molar-refractivity contribution < 1.29 is 19.4 Å². The third kappa shape index (κ3) is 6.06. The number of methoxy groups -OCH3 is 1. The van der Waals surface area contributed by atoms with Crippen LogP contribution >= 0.6 is 0 Å². The molecule has 0 aliphatic rings. The maximum absolute atomic E-state index is 11.2. The molecule has 0 aliphatic carbocycles. The van der Waals surface area contributed by atoms with E-state index in [1.807, 2.05) is 0 Å². The van der Waals surface area contributed by atoms with Crippen molar-refractivity contribution in [1.29, 1.82) is 0 Å². The zero-order chi connectivity index (χ0) is 11.9. The average molecular weight is 217 g/mol. The topological polar surface area (TPSA) is 75.6 Å². The molecule has 1 amide bonds. The lowest BCUT2D eigenvalue weighted by Gasteiger charge is -2.19. The third-order valence-corrected chi connectivity index (χ3v) is 2.06. The van der Waals surface area contributed by atoms with Crippen LogP contribution in [0.1, 0.15) is 26.7 Å². The summed E-state index contributed by atoms with van der Waals surface area (Å²) in [4.78, 5) is 22.0. The Labute approximate surface area is 89.8 Å². The molecule has 5 heteroatoms. The summed E-state index contributed by atoms with van der Waals surface area (Å²) in [6.45, 7) is 3.83. The second kappa shape index (κ2) is 6.40. The van der Waals surface area contributed by atoms with Crippen molar-refractivity contribution >= 4 is 11.9 Å². The van der Waals surface area contributed by atoms with Gasteiger partial charge in [0.15, 0.2) is 0 Å². The first-order valence-electron chi connectivity index (χ1n) is 4.89. The van der Waals surface area contributed by atoms with Crippen molar-refractivity contribution in [1.82, 2.24) is 5.32 Å². The van der Waals surface area contributed by atoms with E-state index in [-0.39, 0.29) is 12.5 Å². The van der Waals surface area contributed by atoms with Gasteiger partial charge in [-0.25, -0.2) is 0 Å². The summed E-state index contributed by atoms with van der Waals surface area (Å²) in [6, 6.07) is 0. The number of carbonyl (C=O) groups excluding carboxylic acids is 1. The SMILES string of the molecule is COCCCC(=O)NCC(C)(C)C(=O)O. The van der Waals surface area contributed by atoms with E-state index in [9.17, 15) is 9.59 Å². The third-order valence-electron chi connectivity index (χ3n) is 2.06. The van der Waals surface area contributed by atoms with Crippen LogP contribution in [0.15, 0.2) is 0 Å². The highest BCUT2D eigenvalue weighted by Gasteiger charge is 2.27. The first-order valence-corrected chi connectivity index (χ1v) is 4.89. The first kappa shape index (κ1) is 13.9. The minimum absolute atomic E-state index is 0.138. The van der Waals surface area contributed by atoms with E-state index in [0.29, 0.717) is 19.4 Å². The van der Waals surface area contributed by atoms with Crippen molar-refractivity contribution in [2.24, 2.45) is 5.41 Å². The molecule has 0 rings (SSSR count). The molecular weight excluding hydrogens is 198 g/mol. The maximum Gasteiger partial charge on any atom is 0.310 e. The normalized spacial score (nSPS) is 11.1. The summed E-state index contributed by atoms with van der Waals surface area (Å²) >= 11 is 0. The minimum atomic E-state index is -0.920. The van der Waals surface area contributed by atoms with Crippen LogP contribution in [-0.2, 0) is 14.3 Å². The number of ether oxygens (including phenoxy) is 1. The number of carboxylic acid groups (broad SMARTS) is 1. The summed E-state index contributed by atoms with van der Waals surface area (Å²) in [5.41, 5.74) is -0.920. The zero-order valence-corrected chi connectivity index (χ0v) is 9.50. The molecular formula is C10H19NO4. The van der Waals surface area contributed by atoms with Gasteiger partial charge in [-0.15, -0.1) is 0 Å². The highest BCUT2D eigenvalue weighted by molar-refractivity contribution is 5.78. The summed E-state index contributed by atoms with van der Waals surface area (Å²) in [6.07, 6.45) is 1.01. The molecule has 2 N–H and O–H groups in total. The Hall–Kier alpha value is -1.10. The van der Waals surface area contributed by atoms with Gasteiger partial charge in [-0.05, 0) is 20.3 Å². The fourth-order valence-corrected chi connectivity index (χ4v) is 0.861. The lowest BCUT2D eigenvalue weighted by atomic mass is 9.94. The molecule has 0 radical (unpaired) electrons. The van der Waals surface area contributed by atoms with Gasteiger partial charge in [-0.2, -0.15) is 0 Å². The number of rotatable bonds is 7. The number of carboxylic acids is 1. The van der Waals surface area contributed by atoms with Gasteiger partial charge < -0.3 is 15.2 Å². The lowest BCUT2D eigenvalue weighted by Crippen LogP contribution is -2.38. The molecule has 0 saturated carbocycles. The molecule has 0 aromatic rings. The van der Waals surface area contributed by atoms with E-state index in [4.69, 9.17) is 9.84 Å². The van der Waals surface area contributed by atoms with Crippen molar-refractivity contribution in [3.63, 3.8) is 0 Å². The van der Waals surface area contributed by atoms with Crippen LogP contribution in [0, 0.1) is 5.41 Å². The molecule has 0 spiro atoms. The Balaban J connectivity index is 3.75. The number of carbonyl (C=O) groups is 2. The Morgan fingerprint density at radius 3 is 2.47 bits per heavy atom. The van der Waals surface area contributed by atoms with Crippen molar-refractivity contribution in [3.8, 4) is 0 Å². The molecule has 0 aliphatic heterocycles. The molecule has 0 aromatic heterocycles. The summed E-state index contributed by atoms with van der Waals surface area (Å²) in [7, 11) is 1.57. The lowest BCUT2D eigenvalue weighted by molar-refractivity contribution is -0.146. The molecule has 5 nitrogen and oxygen atoms in total. The van der Waals surface area contributed by atoms with Gasteiger partial charge in [0.1, 0.15) is 0 Å². The van der Waals surface area contributed by atoms with Crippen LogP contribution in [0.4, 0.5) is 0 Å². The highest BCUT2D eigenvalue weighted by Crippen LogP contribution is 2.13. The number of aliphatic carboxylic acids is 1. The number of amides is 1. The second-order valence-corrected chi connectivity index (χ2v) is 4.06. The van der Waals surface area contributed by atoms with Crippen molar-refractivity contribution in [3.05, 3.63) is 0 Å². The van der Waals surface area contributed by atoms with E-state index in [0.717, 1.165) is 0 Å². The molecule has 0 aromatic carbocycles. The Kier molecular flexibility index (Phi) is 5.93. The Morgan fingerprint density at radius 2 is 2.00 bits per heavy atom. The van der Waals surface area contributed by atoms with E-state index in [2.05, 4.69) is 5.32 Å². The summed E-state index contributed by atoms with van der Waals surface area (Å²) in [5.74, 6) is -1.05. The molecule has 0 atom stereocenters. The van der Waals surface area contributed by atoms with Crippen LogP contribution in [-0.4, -0.2) is 37.2 Å². The largest absolute Gasteiger partial charge is 0.481 e. The number of nitrogens with one attached hydrogen (secondary N) is 1. The quantitative estimate of drug-likeness (QED) is 0.614. The zero-order valence-electron chi connectivity index (χ0n) is 9.50. The molecule has 0 fully saturated rings. The van der Waals surface area contributed by atoms with E-state index < -0.39 is 11.4 Å². The molecule has 0 bridgehead atoms. The van der Waals surface area contributed by atoms with Crippen LogP contribution in [0.3, 0.4) is 0 Å². The molecule has 0 saturated heterocycles. The summed E-state index contributed by atoms with van der Waals surface area (Å²) in [5, 5.41) is 11.4. The van der Waals surface area contributed by atoms with Gasteiger partial charge in [0.2, 0.25) is 5.91 Å². The monoisotopic (exact) mass is 217 g/mol. The fourth-order valence-electron chi connectivity index (χ4n) is 0.861. The number of hydrogen-bond acceptors (Lipinski definition) is 3. The van der Waals surface area contributed by atoms with Crippen LogP contribution < -0.4 is 5.32 Å². The highest BCUT2D eigenvalue weighted by atomic mass is 16.5. The predicted molar refractivity (Wildman–Crippen MR) is 55.5 cm³/mol. The van der Waals surface area contributed by atoms with Crippen molar-refractivity contribution in [2.75, 3.05) is 20.3 Å². The number of hydrogen-bond donors (Lipinski definition) is 2. The van der Waals surface area contributed by atoms with Gasteiger partial charge in [0.25, 0.3) is 0 Å². The van der Waals surface area contributed by atoms with Gasteiger partial charge >= 0.3 is 5.97 Å². The maximum atomic E-state index is 11.2. The predicted octanol–water partition coefficient (Wildman–Crippen LogP) is 0.640. The standard InChI is InChI=1S/C10H19NO4/c1-10(2,9(13)14)7-11-8(12)5-4-6-15-3/h4-7H2,1-3H3,(H,11,12)(H,13,14).